The quantitative estimate of drug-likeness (QED) is 0.684. The van der Waals surface area contributed by atoms with Gasteiger partial charge >= 0.3 is 0 Å². The molecule has 1 rings (SSSR count). The van der Waals surface area contributed by atoms with Gasteiger partial charge in [0.1, 0.15) is 11.4 Å². The van der Waals surface area contributed by atoms with Gasteiger partial charge in [-0.3, -0.25) is 0 Å². The molecule has 0 radical (unpaired) electrons. The van der Waals surface area contributed by atoms with E-state index in [2.05, 4.69) is 12.2 Å². The van der Waals surface area contributed by atoms with Gasteiger partial charge in [0, 0.05) is 0 Å². The molecular weight excluding hydrogens is 178 g/mol. The van der Waals surface area contributed by atoms with E-state index in [4.69, 9.17) is 4.42 Å². The fourth-order valence-corrected chi connectivity index (χ4v) is 1.34. The summed E-state index contributed by atoms with van der Waals surface area (Å²) >= 11 is 0. The summed E-state index contributed by atoms with van der Waals surface area (Å²) in [5.74, 6) is 0.635. The molecular formula is C11H19NO2. The van der Waals surface area contributed by atoms with Crippen molar-refractivity contribution in [3.05, 3.63) is 24.2 Å². The summed E-state index contributed by atoms with van der Waals surface area (Å²) in [6, 6.07) is 3.60. The van der Waals surface area contributed by atoms with Crippen LogP contribution in [0, 0.1) is 0 Å². The van der Waals surface area contributed by atoms with Crippen LogP contribution in [0.1, 0.15) is 32.4 Å². The van der Waals surface area contributed by atoms with Gasteiger partial charge in [-0.05, 0) is 45.0 Å². The Bertz CT molecular complexity index is 242. The van der Waals surface area contributed by atoms with Crippen LogP contribution in [-0.2, 0) is 5.60 Å². The molecule has 1 aromatic heterocycles. The van der Waals surface area contributed by atoms with Crippen LogP contribution < -0.4 is 5.32 Å². The standard InChI is InChI=1S/C11H19NO2/c1-3-7-12-8-6-11(2,13)10-5-4-9-14-10/h4-5,9,12-13H,3,6-8H2,1-2H3. The zero-order valence-corrected chi connectivity index (χ0v) is 8.92. The van der Waals surface area contributed by atoms with Crippen LogP contribution in [0.25, 0.3) is 0 Å². The molecule has 3 nitrogen and oxygen atoms in total. The third kappa shape index (κ3) is 3.16. The average molecular weight is 197 g/mol. The minimum Gasteiger partial charge on any atom is -0.466 e. The predicted molar refractivity (Wildman–Crippen MR) is 56.1 cm³/mol. The van der Waals surface area contributed by atoms with Gasteiger partial charge in [0.2, 0.25) is 0 Å². The molecule has 0 spiro atoms. The molecule has 2 N–H and O–H groups in total. The largest absolute Gasteiger partial charge is 0.466 e. The van der Waals surface area contributed by atoms with Gasteiger partial charge in [-0.2, -0.15) is 0 Å². The normalized spacial score (nSPS) is 15.4. The Morgan fingerprint density at radius 1 is 1.50 bits per heavy atom. The fourth-order valence-electron chi connectivity index (χ4n) is 1.34. The van der Waals surface area contributed by atoms with Crippen molar-refractivity contribution < 1.29 is 9.52 Å². The molecule has 0 aromatic carbocycles. The van der Waals surface area contributed by atoms with Gasteiger partial charge in [-0.15, -0.1) is 0 Å². The van der Waals surface area contributed by atoms with Gasteiger partial charge in [0.05, 0.1) is 6.26 Å². The molecule has 1 atom stereocenters. The highest BCUT2D eigenvalue weighted by Crippen LogP contribution is 2.23. The van der Waals surface area contributed by atoms with E-state index >= 15 is 0 Å². The van der Waals surface area contributed by atoms with E-state index in [1.807, 2.05) is 0 Å². The van der Waals surface area contributed by atoms with E-state index in [0.717, 1.165) is 19.5 Å². The maximum Gasteiger partial charge on any atom is 0.135 e. The van der Waals surface area contributed by atoms with Crippen molar-refractivity contribution in [3.63, 3.8) is 0 Å². The van der Waals surface area contributed by atoms with E-state index < -0.39 is 5.60 Å². The summed E-state index contributed by atoms with van der Waals surface area (Å²) in [6.45, 7) is 5.70. The Hall–Kier alpha value is -0.800. The predicted octanol–water partition coefficient (Wildman–Crippen LogP) is 1.88. The molecule has 0 amide bonds. The van der Waals surface area contributed by atoms with Crippen LogP contribution >= 0.6 is 0 Å². The number of aliphatic hydroxyl groups is 1. The highest BCUT2D eigenvalue weighted by atomic mass is 16.4. The van der Waals surface area contributed by atoms with Crippen molar-refractivity contribution in [2.75, 3.05) is 13.1 Å². The van der Waals surface area contributed by atoms with Crippen molar-refractivity contribution in [1.29, 1.82) is 0 Å². The number of rotatable bonds is 6. The smallest absolute Gasteiger partial charge is 0.135 e. The van der Waals surface area contributed by atoms with Crippen LogP contribution in [0.15, 0.2) is 22.8 Å². The lowest BCUT2D eigenvalue weighted by Gasteiger charge is -2.20. The van der Waals surface area contributed by atoms with Crippen molar-refractivity contribution in [1.82, 2.24) is 5.32 Å². The molecule has 14 heavy (non-hydrogen) atoms. The number of furan rings is 1. The van der Waals surface area contributed by atoms with Crippen molar-refractivity contribution in [2.45, 2.75) is 32.3 Å². The molecule has 1 unspecified atom stereocenters. The summed E-state index contributed by atoms with van der Waals surface area (Å²) in [6.07, 6.45) is 3.37. The summed E-state index contributed by atoms with van der Waals surface area (Å²) in [5.41, 5.74) is -0.857. The van der Waals surface area contributed by atoms with E-state index in [-0.39, 0.29) is 0 Å². The third-order valence-corrected chi connectivity index (χ3v) is 2.27. The van der Waals surface area contributed by atoms with Crippen molar-refractivity contribution in [2.24, 2.45) is 0 Å². The lowest BCUT2D eigenvalue weighted by atomic mass is 9.99. The Kier molecular flexibility index (Phi) is 4.17. The van der Waals surface area contributed by atoms with E-state index in [0.29, 0.717) is 12.2 Å². The second-order valence-electron chi connectivity index (χ2n) is 3.75. The second-order valence-corrected chi connectivity index (χ2v) is 3.75. The van der Waals surface area contributed by atoms with Gasteiger partial charge in [0.15, 0.2) is 0 Å². The van der Waals surface area contributed by atoms with Crippen molar-refractivity contribution >= 4 is 0 Å². The van der Waals surface area contributed by atoms with Crippen LogP contribution in [0.4, 0.5) is 0 Å². The first-order valence-electron chi connectivity index (χ1n) is 5.14. The SMILES string of the molecule is CCCNCCC(C)(O)c1ccco1. The third-order valence-electron chi connectivity index (χ3n) is 2.27. The number of hydrogen-bond acceptors (Lipinski definition) is 3. The lowest BCUT2D eigenvalue weighted by Crippen LogP contribution is -2.27. The van der Waals surface area contributed by atoms with Crippen LogP contribution in [0.5, 0.6) is 0 Å². The molecule has 1 heterocycles. The fraction of sp³-hybridized carbons (Fsp3) is 0.636. The summed E-state index contributed by atoms with van der Waals surface area (Å²) in [4.78, 5) is 0. The molecule has 3 heteroatoms. The molecule has 0 fully saturated rings. The van der Waals surface area contributed by atoms with Gasteiger partial charge in [0.25, 0.3) is 0 Å². The van der Waals surface area contributed by atoms with Crippen LogP contribution in [0.3, 0.4) is 0 Å². The first-order valence-corrected chi connectivity index (χ1v) is 5.14. The Balaban J connectivity index is 2.35. The van der Waals surface area contributed by atoms with E-state index in [9.17, 15) is 5.11 Å². The zero-order chi connectivity index (χ0) is 10.4. The highest BCUT2D eigenvalue weighted by Gasteiger charge is 2.25. The summed E-state index contributed by atoms with van der Waals surface area (Å²) in [5, 5.41) is 13.3. The summed E-state index contributed by atoms with van der Waals surface area (Å²) < 4.78 is 5.18. The minimum absolute atomic E-state index is 0.635. The number of hydrogen-bond donors (Lipinski definition) is 2. The molecule has 0 aliphatic carbocycles. The molecule has 80 valence electrons. The first kappa shape index (κ1) is 11.3. The molecule has 0 saturated carbocycles. The molecule has 0 aliphatic rings. The highest BCUT2D eigenvalue weighted by molar-refractivity contribution is 5.07. The second kappa shape index (κ2) is 5.17. The molecule has 0 bridgehead atoms. The Morgan fingerprint density at radius 3 is 2.86 bits per heavy atom. The molecule has 0 aliphatic heterocycles. The maximum absolute atomic E-state index is 10.0. The molecule has 1 aromatic rings. The zero-order valence-electron chi connectivity index (χ0n) is 8.92. The van der Waals surface area contributed by atoms with E-state index in [1.165, 1.54) is 0 Å². The van der Waals surface area contributed by atoms with Crippen LogP contribution in [0.2, 0.25) is 0 Å². The van der Waals surface area contributed by atoms with Crippen molar-refractivity contribution in [3.8, 4) is 0 Å². The first-order chi connectivity index (χ1) is 6.67. The lowest BCUT2D eigenvalue weighted by molar-refractivity contribution is 0.0257. The summed E-state index contributed by atoms with van der Waals surface area (Å²) in [7, 11) is 0. The monoisotopic (exact) mass is 197 g/mol. The Labute approximate surface area is 85.1 Å². The topological polar surface area (TPSA) is 45.4 Å². The van der Waals surface area contributed by atoms with E-state index in [1.54, 1.807) is 25.3 Å². The van der Waals surface area contributed by atoms with Crippen LogP contribution in [-0.4, -0.2) is 18.2 Å². The van der Waals surface area contributed by atoms with Gasteiger partial charge in [-0.1, -0.05) is 6.92 Å². The maximum atomic E-state index is 10.0. The van der Waals surface area contributed by atoms with Gasteiger partial charge in [-0.25, -0.2) is 0 Å². The molecule has 0 saturated heterocycles. The number of nitrogens with one attached hydrogen (secondary N) is 1. The Morgan fingerprint density at radius 2 is 2.29 bits per heavy atom. The minimum atomic E-state index is -0.857. The average Bonchev–Trinajstić information content (AvgIpc) is 2.65. The van der Waals surface area contributed by atoms with Gasteiger partial charge < -0.3 is 14.8 Å².